The van der Waals surface area contributed by atoms with Gasteiger partial charge in [-0.05, 0) is 37.1 Å². The van der Waals surface area contributed by atoms with Gasteiger partial charge in [-0.1, -0.05) is 29.5 Å². The second kappa shape index (κ2) is 7.21. The molecule has 3 heterocycles. The first-order chi connectivity index (χ1) is 14.2. The molecule has 0 spiro atoms. The zero-order valence-corrected chi connectivity index (χ0v) is 16.8. The standard InChI is InChI=1S/C21H19N5O2S/c1-12-4-3-5-13(2)17(12)25-21-26-18-19(22-11-23-20(18)29-21)24-14-6-7-15-16(10-14)28-9-8-27-15/h3-7,10-11H,8-9H2,1-2H3,(H,25,26)(H,22,23,24). The maximum absolute atomic E-state index is 5.66. The molecular formula is C21H19N5O2S. The number of aryl methyl sites for hydroxylation is 2. The van der Waals surface area contributed by atoms with E-state index >= 15 is 0 Å². The molecule has 2 aromatic heterocycles. The zero-order valence-electron chi connectivity index (χ0n) is 16.0. The maximum atomic E-state index is 5.66. The molecule has 1 aliphatic rings. The smallest absolute Gasteiger partial charge is 0.189 e. The van der Waals surface area contributed by atoms with Crippen LogP contribution in [0.5, 0.6) is 11.5 Å². The molecule has 5 rings (SSSR count). The quantitative estimate of drug-likeness (QED) is 0.496. The van der Waals surface area contributed by atoms with Gasteiger partial charge in [0, 0.05) is 17.4 Å². The Kier molecular flexibility index (Phi) is 4.40. The molecule has 0 saturated heterocycles. The van der Waals surface area contributed by atoms with E-state index in [1.54, 1.807) is 6.33 Å². The molecule has 0 unspecified atom stereocenters. The molecule has 0 bridgehead atoms. The Morgan fingerprint density at radius 2 is 1.72 bits per heavy atom. The van der Waals surface area contributed by atoms with Crippen LogP contribution in [0, 0.1) is 13.8 Å². The van der Waals surface area contributed by atoms with E-state index in [2.05, 4.69) is 52.6 Å². The second-order valence-corrected chi connectivity index (χ2v) is 7.75. The predicted octanol–water partition coefficient (Wildman–Crippen LogP) is 4.96. The molecule has 2 aromatic carbocycles. The van der Waals surface area contributed by atoms with E-state index in [1.165, 1.54) is 22.5 Å². The third-order valence-corrected chi connectivity index (χ3v) is 5.59. The molecule has 146 valence electrons. The topological polar surface area (TPSA) is 81.2 Å². The molecule has 1 aliphatic heterocycles. The maximum Gasteiger partial charge on any atom is 0.189 e. The molecule has 0 aliphatic carbocycles. The summed E-state index contributed by atoms with van der Waals surface area (Å²) in [4.78, 5) is 14.3. The van der Waals surface area contributed by atoms with Gasteiger partial charge in [-0.25, -0.2) is 15.0 Å². The molecule has 0 fully saturated rings. The molecule has 0 saturated carbocycles. The summed E-state index contributed by atoms with van der Waals surface area (Å²) in [6.07, 6.45) is 1.55. The van der Waals surface area contributed by atoms with Crippen molar-refractivity contribution in [2.24, 2.45) is 0 Å². The Morgan fingerprint density at radius 1 is 0.931 bits per heavy atom. The van der Waals surface area contributed by atoms with Crippen LogP contribution in [0.25, 0.3) is 10.3 Å². The molecule has 0 radical (unpaired) electrons. The summed E-state index contributed by atoms with van der Waals surface area (Å²) in [5.74, 6) is 2.13. The monoisotopic (exact) mass is 405 g/mol. The van der Waals surface area contributed by atoms with Crippen molar-refractivity contribution in [3.05, 3.63) is 53.9 Å². The average Bonchev–Trinajstić information content (AvgIpc) is 3.15. The largest absolute Gasteiger partial charge is 0.486 e. The van der Waals surface area contributed by atoms with Crippen LogP contribution < -0.4 is 20.1 Å². The van der Waals surface area contributed by atoms with Crippen molar-refractivity contribution >= 4 is 44.0 Å². The lowest BCUT2D eigenvalue weighted by atomic mass is 10.1. The first kappa shape index (κ1) is 17.7. The Balaban J connectivity index is 1.46. The van der Waals surface area contributed by atoms with Crippen LogP contribution in [0.1, 0.15) is 11.1 Å². The summed E-state index contributed by atoms with van der Waals surface area (Å²) in [5, 5.41) is 7.54. The van der Waals surface area contributed by atoms with E-state index in [4.69, 9.17) is 14.5 Å². The number of thiazole rings is 1. The minimum absolute atomic E-state index is 0.549. The lowest BCUT2D eigenvalue weighted by Gasteiger charge is -2.19. The van der Waals surface area contributed by atoms with Crippen LogP contribution in [0.3, 0.4) is 0 Å². The van der Waals surface area contributed by atoms with Gasteiger partial charge in [0.15, 0.2) is 27.3 Å². The van der Waals surface area contributed by atoms with E-state index in [-0.39, 0.29) is 0 Å². The Hall–Kier alpha value is -3.39. The molecule has 4 aromatic rings. The number of fused-ring (bicyclic) bond motifs is 2. The number of nitrogens with one attached hydrogen (secondary N) is 2. The van der Waals surface area contributed by atoms with Crippen LogP contribution in [0.4, 0.5) is 22.3 Å². The van der Waals surface area contributed by atoms with E-state index in [0.717, 1.165) is 38.4 Å². The Bertz CT molecular complexity index is 1190. The number of hydrogen-bond acceptors (Lipinski definition) is 8. The van der Waals surface area contributed by atoms with E-state index in [9.17, 15) is 0 Å². The fourth-order valence-electron chi connectivity index (χ4n) is 3.28. The molecule has 0 amide bonds. The lowest BCUT2D eigenvalue weighted by molar-refractivity contribution is 0.171. The minimum Gasteiger partial charge on any atom is -0.486 e. The zero-order chi connectivity index (χ0) is 19.8. The van der Waals surface area contributed by atoms with Crippen molar-refractivity contribution in [3.63, 3.8) is 0 Å². The summed E-state index contributed by atoms with van der Waals surface area (Å²) >= 11 is 1.50. The first-order valence-corrected chi connectivity index (χ1v) is 10.1. The van der Waals surface area contributed by atoms with Gasteiger partial charge in [-0.2, -0.15) is 0 Å². The van der Waals surface area contributed by atoms with E-state index < -0.39 is 0 Å². The van der Waals surface area contributed by atoms with Crippen molar-refractivity contribution in [2.75, 3.05) is 23.8 Å². The molecule has 8 heteroatoms. The van der Waals surface area contributed by atoms with Gasteiger partial charge in [0.25, 0.3) is 0 Å². The summed E-state index contributed by atoms with van der Waals surface area (Å²) < 4.78 is 11.2. The number of rotatable bonds is 4. The Labute approximate surface area is 171 Å². The summed E-state index contributed by atoms with van der Waals surface area (Å²) in [7, 11) is 0. The highest BCUT2D eigenvalue weighted by atomic mass is 32.1. The van der Waals surface area contributed by atoms with E-state index in [1.807, 2.05) is 18.2 Å². The van der Waals surface area contributed by atoms with Gasteiger partial charge in [-0.15, -0.1) is 0 Å². The number of aromatic nitrogens is 3. The van der Waals surface area contributed by atoms with Gasteiger partial charge in [0.1, 0.15) is 25.1 Å². The average molecular weight is 405 g/mol. The minimum atomic E-state index is 0.549. The third-order valence-electron chi connectivity index (χ3n) is 4.71. The van der Waals surface area contributed by atoms with Gasteiger partial charge in [0.05, 0.1) is 0 Å². The molecule has 0 atom stereocenters. The number of anilines is 4. The fraction of sp³-hybridized carbons (Fsp3) is 0.190. The summed E-state index contributed by atoms with van der Waals surface area (Å²) in [6.45, 7) is 5.28. The second-order valence-electron chi connectivity index (χ2n) is 6.77. The summed E-state index contributed by atoms with van der Waals surface area (Å²) in [5.41, 5.74) is 4.99. The van der Waals surface area contributed by atoms with Crippen molar-refractivity contribution < 1.29 is 9.47 Å². The van der Waals surface area contributed by atoms with Gasteiger partial charge < -0.3 is 20.1 Å². The van der Waals surface area contributed by atoms with Crippen molar-refractivity contribution in [1.29, 1.82) is 0 Å². The number of ether oxygens (including phenoxy) is 2. The summed E-state index contributed by atoms with van der Waals surface area (Å²) in [6, 6.07) is 11.9. The van der Waals surface area contributed by atoms with Gasteiger partial charge in [0.2, 0.25) is 0 Å². The highest BCUT2D eigenvalue weighted by Gasteiger charge is 2.15. The molecule has 29 heavy (non-hydrogen) atoms. The van der Waals surface area contributed by atoms with Crippen molar-refractivity contribution in [2.45, 2.75) is 13.8 Å². The van der Waals surface area contributed by atoms with E-state index in [0.29, 0.717) is 19.0 Å². The first-order valence-electron chi connectivity index (χ1n) is 9.29. The number of nitrogens with zero attached hydrogens (tertiary/aromatic N) is 3. The van der Waals surface area contributed by atoms with Crippen molar-refractivity contribution in [3.8, 4) is 11.5 Å². The Morgan fingerprint density at radius 3 is 2.55 bits per heavy atom. The highest BCUT2D eigenvalue weighted by Crippen LogP contribution is 2.36. The SMILES string of the molecule is Cc1cccc(C)c1Nc1nc2c(Nc3ccc4c(c3)OCCO4)ncnc2s1. The highest BCUT2D eigenvalue weighted by molar-refractivity contribution is 7.21. The predicted molar refractivity (Wildman–Crippen MR) is 115 cm³/mol. The van der Waals surface area contributed by atoms with Crippen molar-refractivity contribution in [1.82, 2.24) is 15.0 Å². The fourth-order valence-corrected chi connectivity index (χ4v) is 4.09. The lowest BCUT2D eigenvalue weighted by Crippen LogP contribution is -2.15. The van der Waals surface area contributed by atoms with Crippen LogP contribution in [0.2, 0.25) is 0 Å². The third kappa shape index (κ3) is 3.42. The van der Waals surface area contributed by atoms with Gasteiger partial charge in [-0.3, -0.25) is 0 Å². The molecule has 7 nitrogen and oxygen atoms in total. The molecular weight excluding hydrogens is 386 g/mol. The molecule has 2 N–H and O–H groups in total. The normalized spacial score (nSPS) is 12.8. The number of benzene rings is 2. The van der Waals surface area contributed by atoms with Crippen LogP contribution in [0.15, 0.2) is 42.7 Å². The van der Waals surface area contributed by atoms with Gasteiger partial charge >= 0.3 is 0 Å². The van der Waals surface area contributed by atoms with Crippen LogP contribution >= 0.6 is 11.3 Å². The number of hydrogen-bond donors (Lipinski definition) is 2. The number of para-hydroxylation sites is 1. The van der Waals surface area contributed by atoms with Crippen LogP contribution in [-0.4, -0.2) is 28.2 Å². The van der Waals surface area contributed by atoms with Crippen LogP contribution in [-0.2, 0) is 0 Å².